The summed E-state index contributed by atoms with van der Waals surface area (Å²) < 4.78 is 11.0. The summed E-state index contributed by atoms with van der Waals surface area (Å²) in [5, 5.41) is 12.5. The van der Waals surface area contributed by atoms with Crippen molar-refractivity contribution in [2.45, 2.75) is 18.4 Å². The Morgan fingerprint density at radius 2 is 2.05 bits per heavy atom. The van der Waals surface area contributed by atoms with E-state index in [-0.39, 0.29) is 12.7 Å². The topological polar surface area (TPSA) is 50.7 Å². The van der Waals surface area contributed by atoms with E-state index in [1.54, 1.807) is 18.5 Å². The Labute approximate surface area is 132 Å². The number of hydrogen-bond donors (Lipinski definition) is 2. The molecule has 1 rings (SSSR count). The number of aliphatic hydroxyl groups excluding tert-OH is 1. The van der Waals surface area contributed by atoms with Crippen LogP contribution in [0.4, 0.5) is 0 Å². The van der Waals surface area contributed by atoms with Crippen molar-refractivity contribution in [3.8, 4) is 0 Å². The van der Waals surface area contributed by atoms with Crippen molar-refractivity contribution in [1.29, 1.82) is 0 Å². The molecule has 0 aliphatic heterocycles. The predicted molar refractivity (Wildman–Crippen MR) is 94.3 cm³/mol. The maximum atomic E-state index is 9.29. The van der Waals surface area contributed by atoms with Crippen LogP contribution in [-0.4, -0.2) is 51.5 Å². The van der Waals surface area contributed by atoms with Gasteiger partial charge in [0.1, 0.15) is 6.10 Å². The van der Waals surface area contributed by atoms with Gasteiger partial charge in [-0.2, -0.15) is 0 Å². The van der Waals surface area contributed by atoms with Crippen molar-refractivity contribution in [3.63, 3.8) is 0 Å². The predicted octanol–water partition coefficient (Wildman–Crippen LogP) is 2.57. The van der Waals surface area contributed by atoms with Gasteiger partial charge in [-0.05, 0) is 24.8 Å². The summed E-state index contributed by atoms with van der Waals surface area (Å²) in [6.45, 7) is 3.22. The Balaban J connectivity index is 2.62. The smallest absolute Gasteiger partial charge is 0.109 e. The summed E-state index contributed by atoms with van der Waals surface area (Å²) in [4.78, 5) is 0. The summed E-state index contributed by atoms with van der Waals surface area (Å²) >= 11 is 1.72. The summed E-state index contributed by atoms with van der Waals surface area (Å²) in [6, 6.07) is 8.37. The van der Waals surface area contributed by atoms with Crippen LogP contribution in [-0.2, 0) is 21.6 Å². The lowest BCUT2D eigenvalue weighted by Gasteiger charge is -2.25. The third-order valence-electron chi connectivity index (χ3n) is 2.91. The molecular formula is C15H26NO3PS. The lowest BCUT2D eigenvalue weighted by Crippen LogP contribution is -2.21. The number of benzene rings is 1. The molecule has 0 radical (unpaired) electrons. The van der Waals surface area contributed by atoms with Gasteiger partial charge >= 0.3 is 0 Å². The van der Waals surface area contributed by atoms with Gasteiger partial charge in [0.05, 0.1) is 19.5 Å². The largest absolute Gasteiger partial charge is 0.394 e. The van der Waals surface area contributed by atoms with E-state index in [1.165, 1.54) is 11.1 Å². The molecule has 0 aliphatic carbocycles. The van der Waals surface area contributed by atoms with Gasteiger partial charge in [-0.3, -0.25) is 0 Å². The highest BCUT2D eigenvalue weighted by molar-refractivity contribution is 8.58. The summed E-state index contributed by atoms with van der Waals surface area (Å²) in [5.41, 5.74) is 2.59. The van der Waals surface area contributed by atoms with E-state index >= 15 is 0 Å². The van der Waals surface area contributed by atoms with Gasteiger partial charge in [-0.1, -0.05) is 30.6 Å². The Kier molecular flexibility index (Phi) is 8.64. The van der Waals surface area contributed by atoms with E-state index in [9.17, 15) is 5.11 Å². The van der Waals surface area contributed by atoms with Crippen LogP contribution in [0.2, 0.25) is 0 Å². The van der Waals surface area contributed by atoms with Gasteiger partial charge in [0.2, 0.25) is 0 Å². The second-order valence-corrected chi connectivity index (χ2v) is 10.8. The lowest BCUT2D eigenvalue weighted by molar-refractivity contribution is 0.0500. The minimum absolute atomic E-state index is 0.0458. The molecule has 6 heteroatoms. The van der Waals surface area contributed by atoms with Crippen molar-refractivity contribution in [1.82, 2.24) is 5.32 Å². The zero-order chi connectivity index (χ0) is 15.7. The number of nitrogens with one attached hydrogen (secondary N) is 1. The standard InChI is InChI=1S/C15H26NO3PS/c1-16-9-13-7-5-6-8-14(13)12-21-20(3,4)19-15(10-17)11-18-2/h5-8,15-17H,3,9-12H2,1-2,4H3. The average molecular weight is 331 g/mol. The molecule has 2 atom stereocenters. The van der Waals surface area contributed by atoms with Gasteiger partial charge in [0.15, 0.2) is 0 Å². The number of methoxy groups -OCH3 is 1. The molecule has 4 nitrogen and oxygen atoms in total. The Hall–Kier alpha value is -0.290. The molecule has 0 saturated carbocycles. The van der Waals surface area contributed by atoms with Crippen LogP contribution in [0.1, 0.15) is 11.1 Å². The van der Waals surface area contributed by atoms with Crippen molar-refractivity contribution in [2.24, 2.45) is 0 Å². The number of hydrogen-bond acceptors (Lipinski definition) is 5. The molecule has 2 unspecified atom stereocenters. The first kappa shape index (κ1) is 18.8. The molecule has 0 heterocycles. The monoisotopic (exact) mass is 331 g/mol. The second-order valence-electron chi connectivity index (χ2n) is 4.95. The molecule has 21 heavy (non-hydrogen) atoms. The van der Waals surface area contributed by atoms with Crippen LogP contribution < -0.4 is 5.32 Å². The third kappa shape index (κ3) is 7.00. The lowest BCUT2D eigenvalue weighted by atomic mass is 10.1. The number of ether oxygens (including phenoxy) is 1. The van der Waals surface area contributed by atoms with Crippen LogP contribution >= 0.6 is 17.7 Å². The van der Waals surface area contributed by atoms with Gasteiger partial charge in [-0.15, -0.1) is 11.4 Å². The maximum Gasteiger partial charge on any atom is 0.109 e. The first-order valence-electron chi connectivity index (χ1n) is 6.87. The average Bonchev–Trinajstić information content (AvgIpc) is 2.46. The molecule has 1 aromatic carbocycles. The van der Waals surface area contributed by atoms with E-state index in [0.29, 0.717) is 6.61 Å². The van der Waals surface area contributed by atoms with E-state index in [2.05, 4.69) is 35.9 Å². The molecule has 2 N–H and O–H groups in total. The van der Waals surface area contributed by atoms with Crippen LogP contribution in [0.3, 0.4) is 0 Å². The normalized spacial score (nSPS) is 15.6. The molecule has 1 aromatic rings. The van der Waals surface area contributed by atoms with Crippen molar-refractivity contribution >= 4 is 24.0 Å². The summed E-state index contributed by atoms with van der Waals surface area (Å²) in [5.74, 6) is 0.858. The van der Waals surface area contributed by atoms with E-state index < -0.39 is 6.31 Å². The maximum absolute atomic E-state index is 9.29. The minimum atomic E-state index is -1.84. The highest BCUT2D eigenvalue weighted by Crippen LogP contribution is 2.57. The Bertz CT molecular complexity index is 470. The quantitative estimate of drug-likeness (QED) is 0.646. The third-order valence-corrected chi connectivity index (χ3v) is 6.92. The zero-order valence-corrected chi connectivity index (χ0v) is 14.8. The van der Waals surface area contributed by atoms with Crippen LogP contribution in [0.25, 0.3) is 0 Å². The molecule has 0 bridgehead atoms. The van der Waals surface area contributed by atoms with Crippen molar-refractivity contribution in [3.05, 3.63) is 35.4 Å². The fourth-order valence-electron chi connectivity index (χ4n) is 1.92. The molecule has 0 saturated heterocycles. The Morgan fingerprint density at radius 3 is 2.62 bits per heavy atom. The first-order chi connectivity index (χ1) is 10.0. The van der Waals surface area contributed by atoms with Crippen LogP contribution in [0.15, 0.2) is 24.3 Å². The summed E-state index contributed by atoms with van der Waals surface area (Å²) in [6.07, 6.45) is 2.06. The molecule has 120 valence electrons. The fraction of sp³-hybridized carbons (Fsp3) is 0.533. The highest BCUT2D eigenvalue weighted by atomic mass is 32.7. The van der Waals surface area contributed by atoms with E-state index in [4.69, 9.17) is 9.26 Å². The number of rotatable bonds is 10. The number of aliphatic hydroxyl groups is 1. The summed E-state index contributed by atoms with van der Waals surface area (Å²) in [7, 11) is 3.55. The van der Waals surface area contributed by atoms with Crippen molar-refractivity contribution < 1.29 is 14.4 Å². The Morgan fingerprint density at radius 1 is 1.38 bits per heavy atom. The van der Waals surface area contributed by atoms with Crippen LogP contribution in [0, 0.1) is 0 Å². The minimum Gasteiger partial charge on any atom is -0.394 e. The first-order valence-corrected chi connectivity index (χ1v) is 10.8. The second kappa shape index (κ2) is 9.67. The molecule has 0 aromatic heterocycles. The molecule has 0 fully saturated rings. The van der Waals surface area contributed by atoms with Crippen LogP contribution in [0.5, 0.6) is 0 Å². The van der Waals surface area contributed by atoms with Gasteiger partial charge in [0.25, 0.3) is 0 Å². The van der Waals surface area contributed by atoms with Gasteiger partial charge in [-0.25, -0.2) is 0 Å². The van der Waals surface area contributed by atoms with E-state index in [1.807, 2.05) is 13.7 Å². The molecule has 0 spiro atoms. The SMILES string of the molecule is C=P(C)(OC(CO)COC)SCc1ccccc1CNC. The fourth-order valence-corrected chi connectivity index (χ4v) is 5.21. The molecular weight excluding hydrogens is 305 g/mol. The van der Waals surface area contributed by atoms with E-state index in [0.717, 1.165) is 12.3 Å². The zero-order valence-electron chi connectivity index (χ0n) is 13.0. The van der Waals surface area contributed by atoms with Gasteiger partial charge < -0.3 is 19.7 Å². The van der Waals surface area contributed by atoms with Gasteiger partial charge in [0, 0.05) is 19.4 Å². The van der Waals surface area contributed by atoms with Crippen molar-refractivity contribution in [2.75, 3.05) is 34.0 Å². The molecule has 0 amide bonds. The highest BCUT2D eigenvalue weighted by Gasteiger charge is 2.17. The molecule has 0 aliphatic rings.